The number of pyridine rings is 2. The Bertz CT molecular complexity index is 1630. The summed E-state index contributed by atoms with van der Waals surface area (Å²) < 4.78 is 28.7. The molecule has 3 aliphatic heterocycles. The molecule has 2 atom stereocenters. The molecule has 3 saturated carbocycles. The van der Waals surface area contributed by atoms with E-state index in [4.69, 9.17) is 4.98 Å². The number of rotatable bonds is 4. The fraction of sp³-hybridized carbons (Fsp3) is 0.636. The van der Waals surface area contributed by atoms with Gasteiger partial charge in [0, 0.05) is 31.1 Å². The molecule has 6 aliphatic rings. The van der Waals surface area contributed by atoms with Crippen molar-refractivity contribution in [2.75, 3.05) is 34.8 Å². The first kappa shape index (κ1) is 28.3. The summed E-state index contributed by atoms with van der Waals surface area (Å²) in [5, 5.41) is 3.00. The van der Waals surface area contributed by atoms with Crippen LogP contribution in [0.4, 0.5) is 17.5 Å². The summed E-state index contributed by atoms with van der Waals surface area (Å²) in [4.78, 5) is 40.5. The van der Waals surface area contributed by atoms with Gasteiger partial charge in [0.25, 0.3) is 15.9 Å². The molecule has 2 N–H and O–H groups in total. The standard InChI is InChI=1S/C33H42N6O4S/c1-31(2)19-21-5-4-17-34-25-6-3-7-27(35-25)44(42,43)37-29(40)23-9-11-26(36-28(23)39(31)20-21)38-18-12-22(30(38)41)8-10-24-32(13-14-32)33(24)15-16-33/h3,6-7,9,11,21-22,24H,4-5,8,10,12-20H2,1-2H3,(H,34,35)(H,37,40)/t21-,22?/m0/s1. The summed E-state index contributed by atoms with van der Waals surface area (Å²) in [7, 11) is -4.23. The SMILES string of the molecule is CC1(C)C[C@@H]2CCCNc3cccc(n3)S(=O)(=O)NC(=O)c3ccc(N4CCC(CCC5C6(CC6)C56CC6)C4=O)nc3N1C2. The van der Waals surface area contributed by atoms with Crippen LogP contribution in [0, 0.1) is 28.6 Å². The van der Waals surface area contributed by atoms with Gasteiger partial charge in [-0.25, -0.2) is 14.7 Å². The maximum Gasteiger partial charge on any atom is 0.281 e. The van der Waals surface area contributed by atoms with E-state index in [1.807, 2.05) is 0 Å². The molecule has 2 aromatic rings. The molecule has 5 heterocycles. The number of carbonyl (C=O) groups is 2. The van der Waals surface area contributed by atoms with E-state index >= 15 is 0 Å². The van der Waals surface area contributed by atoms with Crippen molar-refractivity contribution in [3.63, 3.8) is 0 Å². The second kappa shape index (κ2) is 9.64. The van der Waals surface area contributed by atoms with Gasteiger partial charge in [0.2, 0.25) is 5.91 Å². The van der Waals surface area contributed by atoms with E-state index in [0.717, 1.165) is 44.4 Å². The average Bonchev–Trinajstić information content (AvgIpc) is 3.94. The Hall–Kier alpha value is -3.21. The molecular weight excluding hydrogens is 576 g/mol. The van der Waals surface area contributed by atoms with Gasteiger partial charge in [-0.3, -0.25) is 14.5 Å². The summed E-state index contributed by atoms with van der Waals surface area (Å²) >= 11 is 0. The van der Waals surface area contributed by atoms with Crippen molar-refractivity contribution in [2.45, 2.75) is 88.6 Å². The van der Waals surface area contributed by atoms with E-state index in [0.29, 0.717) is 53.8 Å². The van der Waals surface area contributed by atoms with Crippen LogP contribution in [0.25, 0.3) is 0 Å². The van der Waals surface area contributed by atoms with E-state index in [1.165, 1.54) is 31.7 Å². The first-order valence-electron chi connectivity index (χ1n) is 16.4. The lowest BCUT2D eigenvalue weighted by atomic mass is 9.93. The van der Waals surface area contributed by atoms with Crippen LogP contribution in [0.15, 0.2) is 35.4 Å². The summed E-state index contributed by atoms with van der Waals surface area (Å²) in [6, 6.07) is 8.05. The minimum absolute atomic E-state index is 0.0135. The van der Waals surface area contributed by atoms with Crippen molar-refractivity contribution in [3.8, 4) is 0 Å². The van der Waals surface area contributed by atoms with E-state index in [-0.39, 0.29) is 28.0 Å². The number of sulfonamides is 1. The van der Waals surface area contributed by atoms with Gasteiger partial charge < -0.3 is 10.2 Å². The van der Waals surface area contributed by atoms with E-state index in [1.54, 1.807) is 29.2 Å². The average molecular weight is 619 g/mol. The first-order valence-corrected chi connectivity index (χ1v) is 17.9. The summed E-state index contributed by atoms with van der Waals surface area (Å²) in [5.41, 5.74) is 1.18. The van der Waals surface area contributed by atoms with Gasteiger partial charge in [-0.1, -0.05) is 6.07 Å². The predicted molar refractivity (Wildman–Crippen MR) is 167 cm³/mol. The van der Waals surface area contributed by atoms with Gasteiger partial charge in [-0.05, 0) is 125 Å². The number of fused-ring (bicyclic) bond motifs is 7. The Morgan fingerprint density at radius 3 is 2.50 bits per heavy atom. The third-order valence-corrected chi connectivity index (χ3v) is 13.1. The van der Waals surface area contributed by atoms with Gasteiger partial charge >= 0.3 is 0 Å². The maximum atomic E-state index is 13.7. The highest BCUT2D eigenvalue weighted by Crippen LogP contribution is 2.93. The minimum Gasteiger partial charge on any atom is -0.370 e. The normalized spacial score (nSPS) is 29.0. The van der Waals surface area contributed by atoms with E-state index in [2.05, 4.69) is 33.8 Å². The number of carbonyl (C=O) groups excluding carboxylic acids is 2. The van der Waals surface area contributed by atoms with Crippen LogP contribution in [0.3, 0.4) is 0 Å². The predicted octanol–water partition coefficient (Wildman–Crippen LogP) is 4.73. The van der Waals surface area contributed by atoms with Gasteiger partial charge in [0.15, 0.2) is 5.03 Å². The molecule has 8 rings (SSSR count). The number of aromatic nitrogens is 2. The van der Waals surface area contributed by atoms with Gasteiger partial charge in [0.05, 0.1) is 5.56 Å². The zero-order chi connectivity index (χ0) is 30.5. The largest absolute Gasteiger partial charge is 0.370 e. The third-order valence-electron chi connectivity index (χ3n) is 11.9. The number of nitrogens with zero attached hydrogens (tertiary/aromatic N) is 4. The van der Waals surface area contributed by atoms with Crippen LogP contribution in [-0.2, 0) is 14.8 Å². The molecule has 2 aromatic heterocycles. The highest BCUT2D eigenvalue weighted by molar-refractivity contribution is 7.90. The smallest absolute Gasteiger partial charge is 0.281 e. The summed E-state index contributed by atoms with van der Waals surface area (Å²) in [5.74, 6) is 2.01. The number of hydrogen-bond acceptors (Lipinski definition) is 8. The van der Waals surface area contributed by atoms with Crippen LogP contribution < -0.4 is 19.8 Å². The molecule has 11 heteroatoms. The fourth-order valence-electron chi connectivity index (χ4n) is 9.38. The Morgan fingerprint density at radius 1 is 0.977 bits per heavy atom. The zero-order valence-corrected chi connectivity index (χ0v) is 26.5. The first-order chi connectivity index (χ1) is 21.0. The second-order valence-electron chi connectivity index (χ2n) is 14.8. The molecule has 3 aliphatic carbocycles. The van der Waals surface area contributed by atoms with Crippen molar-refractivity contribution in [2.24, 2.45) is 28.6 Å². The minimum atomic E-state index is -4.23. The molecule has 2 spiro atoms. The highest BCUT2D eigenvalue weighted by Gasteiger charge is 2.85. The molecule has 10 nitrogen and oxygen atoms in total. The molecule has 1 unspecified atom stereocenters. The van der Waals surface area contributed by atoms with Crippen LogP contribution in [0.5, 0.6) is 0 Å². The van der Waals surface area contributed by atoms with Crippen molar-refractivity contribution >= 4 is 39.3 Å². The topological polar surface area (TPSA) is 125 Å². The number of nitrogens with one attached hydrogen (secondary N) is 2. The lowest BCUT2D eigenvalue weighted by Gasteiger charge is -2.34. The number of hydrogen-bond donors (Lipinski definition) is 2. The Labute approximate surface area is 259 Å². The Balaban J connectivity index is 1.08. The number of amides is 2. The van der Waals surface area contributed by atoms with Crippen molar-refractivity contribution in [1.82, 2.24) is 14.7 Å². The Kier molecular flexibility index (Phi) is 6.20. The molecule has 5 fully saturated rings. The summed E-state index contributed by atoms with van der Waals surface area (Å²) in [6.45, 7) is 6.26. The van der Waals surface area contributed by atoms with E-state index in [9.17, 15) is 18.0 Å². The Morgan fingerprint density at radius 2 is 1.75 bits per heavy atom. The maximum absolute atomic E-state index is 13.7. The van der Waals surface area contributed by atoms with Crippen LogP contribution in [0.2, 0.25) is 0 Å². The monoisotopic (exact) mass is 618 g/mol. The lowest BCUT2D eigenvalue weighted by Crippen LogP contribution is -2.41. The molecule has 0 aromatic carbocycles. The third kappa shape index (κ3) is 4.43. The van der Waals surface area contributed by atoms with Crippen LogP contribution >= 0.6 is 0 Å². The molecule has 0 radical (unpaired) electrons. The van der Waals surface area contributed by atoms with Crippen molar-refractivity contribution in [1.29, 1.82) is 0 Å². The zero-order valence-electron chi connectivity index (χ0n) is 25.6. The molecule has 2 saturated heterocycles. The van der Waals surface area contributed by atoms with Gasteiger partial charge in [-0.15, -0.1) is 0 Å². The lowest BCUT2D eigenvalue weighted by molar-refractivity contribution is -0.120. The van der Waals surface area contributed by atoms with Crippen LogP contribution in [-0.4, -0.2) is 55.4 Å². The number of anilines is 3. The van der Waals surface area contributed by atoms with E-state index < -0.39 is 15.9 Å². The quantitative estimate of drug-likeness (QED) is 0.504. The molecule has 2 amide bonds. The highest BCUT2D eigenvalue weighted by atomic mass is 32.2. The van der Waals surface area contributed by atoms with Crippen molar-refractivity contribution < 1.29 is 18.0 Å². The fourth-order valence-corrected chi connectivity index (χ4v) is 10.3. The molecule has 4 bridgehead atoms. The molecular formula is C33H42N6O4S. The second-order valence-corrected chi connectivity index (χ2v) is 16.4. The molecule has 234 valence electrons. The van der Waals surface area contributed by atoms with Crippen LogP contribution in [0.1, 0.15) is 88.4 Å². The van der Waals surface area contributed by atoms with Gasteiger partial charge in [-0.2, -0.15) is 8.42 Å². The molecule has 44 heavy (non-hydrogen) atoms. The van der Waals surface area contributed by atoms with Crippen molar-refractivity contribution in [3.05, 3.63) is 35.9 Å². The summed E-state index contributed by atoms with van der Waals surface area (Å²) in [6.07, 6.45) is 11.3. The van der Waals surface area contributed by atoms with Gasteiger partial charge in [0.1, 0.15) is 17.5 Å².